The second kappa shape index (κ2) is 14.1. The van der Waals surface area contributed by atoms with E-state index in [9.17, 15) is 9.90 Å². The van der Waals surface area contributed by atoms with Crippen LogP contribution in [0, 0.1) is 6.92 Å². The molecular weight excluding hydrogens is 458 g/mol. The number of hydrogen-bond donors (Lipinski definition) is 1. The minimum Gasteiger partial charge on any atom is -0.488 e. The van der Waals surface area contributed by atoms with Gasteiger partial charge in [0.05, 0.1) is 5.52 Å². The van der Waals surface area contributed by atoms with E-state index in [0.717, 1.165) is 22.9 Å². The first-order valence-electron chi connectivity index (χ1n) is 13.0. The predicted octanol–water partition coefficient (Wildman–Crippen LogP) is 8.94. The first kappa shape index (κ1) is 27.0. The monoisotopic (exact) mass is 495 g/mol. The summed E-state index contributed by atoms with van der Waals surface area (Å²) >= 11 is 6.23. The maximum absolute atomic E-state index is 11.6. The number of carbonyl (C=O) groups is 1. The minimum atomic E-state index is -1.08. The van der Waals surface area contributed by atoms with Crippen LogP contribution in [-0.4, -0.2) is 16.1 Å². The molecule has 0 bridgehead atoms. The van der Waals surface area contributed by atoms with Gasteiger partial charge in [-0.25, -0.2) is 9.78 Å². The number of aryl methyl sites for hydroxylation is 2. The fourth-order valence-electron chi connectivity index (χ4n) is 4.44. The van der Waals surface area contributed by atoms with Crippen LogP contribution >= 0.6 is 11.6 Å². The summed E-state index contributed by atoms with van der Waals surface area (Å²) in [7, 11) is 0. The Labute approximate surface area is 214 Å². The number of hydrogen-bond acceptors (Lipinski definition) is 3. The van der Waals surface area contributed by atoms with Gasteiger partial charge in [0.1, 0.15) is 12.4 Å². The zero-order chi connectivity index (χ0) is 25.0. The van der Waals surface area contributed by atoms with Crippen LogP contribution in [0.5, 0.6) is 5.75 Å². The first-order chi connectivity index (χ1) is 17.0. The summed E-state index contributed by atoms with van der Waals surface area (Å²) in [6, 6.07) is 13.5. The smallest absolute Gasteiger partial charge is 0.354 e. The minimum absolute atomic E-state index is 0.0373. The van der Waals surface area contributed by atoms with Gasteiger partial charge in [-0.2, -0.15) is 0 Å². The number of pyridine rings is 1. The zero-order valence-corrected chi connectivity index (χ0v) is 21.9. The summed E-state index contributed by atoms with van der Waals surface area (Å²) in [5, 5.41) is 10.7. The van der Waals surface area contributed by atoms with Crippen LogP contribution in [-0.2, 0) is 13.0 Å². The Bertz CT molecular complexity index is 1090. The number of rotatable bonds is 15. The maximum Gasteiger partial charge on any atom is 0.354 e. The normalized spacial score (nSPS) is 11.2. The van der Waals surface area contributed by atoms with Gasteiger partial charge < -0.3 is 9.84 Å². The molecule has 1 heterocycles. The van der Waals surface area contributed by atoms with Crippen molar-refractivity contribution in [1.29, 1.82) is 0 Å². The topological polar surface area (TPSA) is 59.4 Å². The number of nitrogens with zero attached hydrogens (tertiary/aromatic N) is 1. The molecule has 1 aromatic heterocycles. The van der Waals surface area contributed by atoms with Gasteiger partial charge in [0.2, 0.25) is 0 Å². The molecule has 0 saturated heterocycles. The lowest BCUT2D eigenvalue weighted by atomic mass is 10.0. The van der Waals surface area contributed by atoms with E-state index in [-0.39, 0.29) is 5.69 Å². The van der Waals surface area contributed by atoms with Crippen molar-refractivity contribution >= 4 is 28.5 Å². The number of ether oxygens (including phenoxy) is 1. The third kappa shape index (κ3) is 8.54. The molecule has 0 aliphatic rings. The van der Waals surface area contributed by atoms with E-state index in [1.54, 1.807) is 12.1 Å². The standard InChI is InChI=1S/C30H38ClNO3/c1-3-4-5-6-7-8-9-10-11-12-13-23-14-16-24(17-15-23)21-35-28-20-27(30(33)34)32-29-22(2)18-25(31)19-26(28)29/h14-20H,3-13,21H2,1-2H3,(H,33,34). The number of carboxylic acids is 1. The van der Waals surface area contributed by atoms with Crippen LogP contribution in [0.1, 0.15) is 98.3 Å². The molecule has 0 saturated carbocycles. The van der Waals surface area contributed by atoms with Crippen molar-refractivity contribution in [3.8, 4) is 5.75 Å². The molecule has 1 N–H and O–H groups in total. The highest BCUT2D eigenvalue weighted by molar-refractivity contribution is 6.31. The second-order valence-corrected chi connectivity index (χ2v) is 9.90. The van der Waals surface area contributed by atoms with Gasteiger partial charge in [0.15, 0.2) is 5.69 Å². The first-order valence-corrected chi connectivity index (χ1v) is 13.4. The number of aromatic carboxylic acids is 1. The largest absolute Gasteiger partial charge is 0.488 e. The van der Waals surface area contributed by atoms with E-state index in [2.05, 4.69) is 36.2 Å². The number of fused-ring (bicyclic) bond motifs is 1. The molecule has 0 atom stereocenters. The lowest BCUT2D eigenvalue weighted by Crippen LogP contribution is -2.04. The van der Waals surface area contributed by atoms with Crippen LogP contribution in [0.15, 0.2) is 42.5 Å². The average molecular weight is 496 g/mol. The molecule has 0 radical (unpaired) electrons. The molecule has 0 fully saturated rings. The molecule has 188 valence electrons. The lowest BCUT2D eigenvalue weighted by molar-refractivity contribution is 0.0690. The molecule has 35 heavy (non-hydrogen) atoms. The van der Waals surface area contributed by atoms with Crippen LogP contribution in [0.3, 0.4) is 0 Å². The van der Waals surface area contributed by atoms with Crippen molar-refractivity contribution in [2.45, 2.75) is 91.1 Å². The predicted molar refractivity (Wildman–Crippen MR) is 145 cm³/mol. The van der Waals surface area contributed by atoms with Crippen molar-refractivity contribution in [2.75, 3.05) is 0 Å². The fraction of sp³-hybridized carbons (Fsp3) is 0.467. The summed E-state index contributed by atoms with van der Waals surface area (Å²) in [5.74, 6) is -0.602. The SMILES string of the molecule is CCCCCCCCCCCCc1ccc(COc2cc(C(=O)O)nc3c(C)cc(Cl)cc23)cc1. The molecule has 0 unspecified atom stereocenters. The quantitative estimate of drug-likeness (QED) is 0.214. The molecule has 2 aromatic carbocycles. The summed E-state index contributed by atoms with van der Waals surface area (Å²) in [5.41, 5.74) is 3.76. The Kier molecular flexibility index (Phi) is 10.9. The van der Waals surface area contributed by atoms with Crippen LogP contribution in [0.2, 0.25) is 5.02 Å². The third-order valence-corrected chi connectivity index (χ3v) is 6.70. The molecule has 0 aliphatic heterocycles. The van der Waals surface area contributed by atoms with Gasteiger partial charge in [0.25, 0.3) is 0 Å². The third-order valence-electron chi connectivity index (χ3n) is 6.49. The highest BCUT2D eigenvalue weighted by atomic mass is 35.5. The van der Waals surface area contributed by atoms with Crippen LogP contribution in [0.25, 0.3) is 10.9 Å². The van der Waals surface area contributed by atoms with E-state index in [0.29, 0.717) is 22.9 Å². The Balaban J connectivity index is 1.48. The van der Waals surface area contributed by atoms with Gasteiger partial charge in [0, 0.05) is 16.5 Å². The number of carboxylic acid groups (broad SMARTS) is 1. The molecule has 3 rings (SSSR count). The highest BCUT2D eigenvalue weighted by Gasteiger charge is 2.14. The van der Waals surface area contributed by atoms with Gasteiger partial charge in [-0.15, -0.1) is 0 Å². The lowest BCUT2D eigenvalue weighted by Gasteiger charge is -2.12. The van der Waals surface area contributed by atoms with Gasteiger partial charge in [-0.1, -0.05) is 101 Å². The number of benzene rings is 2. The maximum atomic E-state index is 11.6. The average Bonchev–Trinajstić information content (AvgIpc) is 2.84. The number of unbranched alkanes of at least 4 members (excludes halogenated alkanes) is 9. The summed E-state index contributed by atoms with van der Waals surface area (Å²) in [6.45, 7) is 4.48. The van der Waals surface area contributed by atoms with Crippen LogP contribution < -0.4 is 4.74 Å². The van der Waals surface area contributed by atoms with Gasteiger partial charge in [-0.3, -0.25) is 0 Å². The van der Waals surface area contributed by atoms with Crippen LogP contribution in [0.4, 0.5) is 0 Å². The molecule has 3 aromatic rings. The molecule has 0 aliphatic carbocycles. The van der Waals surface area contributed by atoms with Crippen molar-refractivity contribution in [3.05, 3.63) is 69.9 Å². The Morgan fingerprint density at radius 2 is 1.49 bits per heavy atom. The summed E-state index contributed by atoms with van der Waals surface area (Å²) in [6.07, 6.45) is 14.6. The van der Waals surface area contributed by atoms with Crippen molar-refractivity contribution in [2.24, 2.45) is 0 Å². The highest BCUT2D eigenvalue weighted by Crippen LogP contribution is 2.31. The van der Waals surface area contributed by atoms with E-state index >= 15 is 0 Å². The molecule has 4 nitrogen and oxygen atoms in total. The molecule has 5 heteroatoms. The van der Waals surface area contributed by atoms with E-state index < -0.39 is 5.97 Å². The van der Waals surface area contributed by atoms with E-state index in [1.165, 1.54) is 75.8 Å². The van der Waals surface area contributed by atoms with Gasteiger partial charge in [-0.05, 0) is 48.6 Å². The van der Waals surface area contributed by atoms with Crippen molar-refractivity contribution < 1.29 is 14.6 Å². The Hall–Kier alpha value is -2.59. The second-order valence-electron chi connectivity index (χ2n) is 9.47. The molecular formula is C30H38ClNO3. The fourth-order valence-corrected chi connectivity index (χ4v) is 4.71. The Morgan fingerprint density at radius 3 is 2.11 bits per heavy atom. The summed E-state index contributed by atoms with van der Waals surface area (Å²) in [4.78, 5) is 15.8. The molecule has 0 amide bonds. The van der Waals surface area contributed by atoms with E-state index in [1.807, 2.05) is 6.92 Å². The number of halogens is 1. The van der Waals surface area contributed by atoms with E-state index in [4.69, 9.17) is 16.3 Å². The zero-order valence-electron chi connectivity index (χ0n) is 21.1. The summed E-state index contributed by atoms with van der Waals surface area (Å²) < 4.78 is 6.05. The van der Waals surface area contributed by atoms with Crippen molar-refractivity contribution in [1.82, 2.24) is 4.98 Å². The van der Waals surface area contributed by atoms with Crippen molar-refractivity contribution in [3.63, 3.8) is 0 Å². The van der Waals surface area contributed by atoms with Gasteiger partial charge >= 0.3 is 5.97 Å². The Morgan fingerprint density at radius 1 is 0.886 bits per heavy atom. The number of aromatic nitrogens is 1. The molecule has 0 spiro atoms.